The van der Waals surface area contributed by atoms with Crippen molar-refractivity contribution < 1.29 is 0 Å². The molecule has 92 valence electrons. The molecule has 4 N–H and O–H groups in total. The van der Waals surface area contributed by atoms with Gasteiger partial charge in [-0.15, -0.1) is 9.24 Å². The topological polar surface area (TPSA) is 52.0 Å². The zero-order chi connectivity index (χ0) is 12.3. The van der Waals surface area contributed by atoms with Crippen molar-refractivity contribution in [2.24, 2.45) is 34.1 Å². The molecule has 0 aliphatic heterocycles. The first-order valence-corrected chi connectivity index (χ1v) is 6.68. The Labute approximate surface area is 97.8 Å². The van der Waals surface area contributed by atoms with Crippen LogP contribution in [-0.2, 0) is 0 Å². The molecule has 0 heterocycles. The fraction of sp³-hybridized carbons (Fsp3) is 1.00. The second-order valence-corrected chi connectivity index (χ2v) is 6.12. The summed E-state index contributed by atoms with van der Waals surface area (Å²) in [6.45, 7) is 12.9. The monoisotopic (exact) mass is 232 g/mol. The first kappa shape index (κ1) is 15.3. The van der Waals surface area contributed by atoms with Gasteiger partial charge in [-0.2, -0.15) is 0 Å². The van der Waals surface area contributed by atoms with Crippen LogP contribution in [0.15, 0.2) is 0 Å². The summed E-state index contributed by atoms with van der Waals surface area (Å²) >= 11 is 0. The fourth-order valence-corrected chi connectivity index (χ4v) is 2.61. The molecular weight excluding hydrogens is 203 g/mol. The number of nitrogens with two attached hydrogens (primary N) is 2. The molecular formula is C12H29N2P. The maximum absolute atomic E-state index is 6.01. The maximum Gasteiger partial charge on any atom is -0.00153 e. The van der Waals surface area contributed by atoms with Gasteiger partial charge in [0.05, 0.1) is 0 Å². The standard InChI is InChI=1S/C12H29N2P/c1-9(6-13)10(2)12(5,7-14)11(3,4)8-15/h9-10H,6-8,13-15H2,1-5H3. The summed E-state index contributed by atoms with van der Waals surface area (Å²) in [5.41, 5.74) is 12.2. The van der Waals surface area contributed by atoms with E-state index in [4.69, 9.17) is 11.5 Å². The van der Waals surface area contributed by atoms with E-state index in [-0.39, 0.29) is 10.8 Å². The molecule has 0 spiro atoms. The first-order chi connectivity index (χ1) is 6.76. The largest absolute Gasteiger partial charge is 0.330 e. The Balaban J connectivity index is 5.00. The van der Waals surface area contributed by atoms with E-state index in [1.165, 1.54) is 0 Å². The van der Waals surface area contributed by atoms with Crippen LogP contribution in [0.25, 0.3) is 0 Å². The molecule has 4 atom stereocenters. The summed E-state index contributed by atoms with van der Waals surface area (Å²) in [5, 5.41) is 0. The van der Waals surface area contributed by atoms with Crippen LogP contribution in [0.1, 0.15) is 34.6 Å². The molecule has 0 aromatic heterocycles. The van der Waals surface area contributed by atoms with Gasteiger partial charge in [0.15, 0.2) is 0 Å². The van der Waals surface area contributed by atoms with Crippen molar-refractivity contribution in [1.82, 2.24) is 0 Å². The van der Waals surface area contributed by atoms with E-state index in [0.717, 1.165) is 19.3 Å². The van der Waals surface area contributed by atoms with Crippen molar-refractivity contribution in [3.8, 4) is 0 Å². The van der Waals surface area contributed by atoms with E-state index in [0.29, 0.717) is 11.8 Å². The van der Waals surface area contributed by atoms with Gasteiger partial charge in [-0.1, -0.05) is 34.6 Å². The third kappa shape index (κ3) is 2.93. The van der Waals surface area contributed by atoms with Gasteiger partial charge in [-0.25, -0.2) is 0 Å². The normalized spacial score (nSPS) is 20.8. The van der Waals surface area contributed by atoms with Crippen LogP contribution in [0, 0.1) is 22.7 Å². The van der Waals surface area contributed by atoms with E-state index >= 15 is 0 Å². The van der Waals surface area contributed by atoms with E-state index < -0.39 is 0 Å². The summed E-state index contributed by atoms with van der Waals surface area (Å²) in [5.74, 6) is 1.07. The van der Waals surface area contributed by atoms with Crippen molar-refractivity contribution in [3.63, 3.8) is 0 Å². The van der Waals surface area contributed by atoms with Crippen LogP contribution in [0.5, 0.6) is 0 Å². The number of hydrogen-bond acceptors (Lipinski definition) is 2. The highest BCUT2D eigenvalue weighted by Crippen LogP contribution is 2.47. The summed E-state index contributed by atoms with van der Waals surface area (Å²) in [7, 11) is 2.85. The van der Waals surface area contributed by atoms with Crippen LogP contribution in [0.3, 0.4) is 0 Å². The number of hydrogen-bond donors (Lipinski definition) is 2. The van der Waals surface area contributed by atoms with Gasteiger partial charge in [0.1, 0.15) is 0 Å². The summed E-state index contributed by atoms with van der Waals surface area (Å²) < 4.78 is 0. The molecule has 2 nitrogen and oxygen atoms in total. The first-order valence-electron chi connectivity index (χ1n) is 5.87. The lowest BCUT2D eigenvalue weighted by atomic mass is 9.58. The van der Waals surface area contributed by atoms with Crippen LogP contribution in [0.2, 0.25) is 0 Å². The maximum atomic E-state index is 6.01. The van der Waals surface area contributed by atoms with Crippen molar-refractivity contribution in [2.75, 3.05) is 19.3 Å². The summed E-state index contributed by atoms with van der Waals surface area (Å²) in [4.78, 5) is 0. The Morgan fingerprint density at radius 2 is 1.60 bits per heavy atom. The molecule has 0 radical (unpaired) electrons. The predicted octanol–water partition coefficient (Wildman–Crippen LogP) is 2.08. The zero-order valence-corrected chi connectivity index (χ0v) is 12.2. The Hall–Kier alpha value is 0.350. The quantitative estimate of drug-likeness (QED) is 0.689. The minimum Gasteiger partial charge on any atom is -0.330 e. The third-order valence-corrected chi connectivity index (χ3v) is 5.73. The highest BCUT2D eigenvalue weighted by Gasteiger charge is 2.44. The van der Waals surface area contributed by atoms with Crippen molar-refractivity contribution in [2.45, 2.75) is 34.6 Å². The van der Waals surface area contributed by atoms with E-state index in [1.807, 2.05) is 0 Å². The minimum absolute atomic E-state index is 0.146. The molecule has 0 fully saturated rings. The van der Waals surface area contributed by atoms with Crippen molar-refractivity contribution >= 4 is 9.24 Å². The lowest BCUT2D eigenvalue weighted by Gasteiger charge is -2.49. The van der Waals surface area contributed by atoms with Gasteiger partial charge >= 0.3 is 0 Å². The Morgan fingerprint density at radius 3 is 1.87 bits per heavy atom. The van der Waals surface area contributed by atoms with E-state index in [1.54, 1.807) is 0 Å². The SMILES string of the molecule is CC(CN)C(C)C(C)(CN)C(C)(C)CP. The minimum atomic E-state index is 0.146. The third-order valence-electron chi connectivity index (χ3n) is 4.71. The van der Waals surface area contributed by atoms with Crippen LogP contribution < -0.4 is 11.5 Å². The van der Waals surface area contributed by atoms with E-state index in [9.17, 15) is 0 Å². The summed E-state index contributed by atoms with van der Waals surface area (Å²) in [6.07, 6.45) is 1.07. The van der Waals surface area contributed by atoms with Gasteiger partial charge in [-0.3, -0.25) is 0 Å². The molecule has 0 saturated carbocycles. The smallest absolute Gasteiger partial charge is 0.00153 e. The highest BCUT2D eigenvalue weighted by atomic mass is 31.0. The Bertz CT molecular complexity index is 194. The molecule has 0 amide bonds. The van der Waals surface area contributed by atoms with Crippen LogP contribution in [-0.4, -0.2) is 19.3 Å². The lowest BCUT2D eigenvalue weighted by Crippen LogP contribution is -2.49. The Morgan fingerprint density at radius 1 is 1.13 bits per heavy atom. The Kier molecular flexibility index (Phi) is 5.74. The average Bonchev–Trinajstić information content (AvgIpc) is 2.25. The van der Waals surface area contributed by atoms with Gasteiger partial charge in [-0.05, 0) is 41.9 Å². The molecule has 0 saturated heterocycles. The molecule has 0 rings (SSSR count). The van der Waals surface area contributed by atoms with Gasteiger partial charge in [0.25, 0.3) is 0 Å². The molecule has 3 heteroatoms. The van der Waals surface area contributed by atoms with Crippen LogP contribution >= 0.6 is 9.24 Å². The van der Waals surface area contributed by atoms with Crippen LogP contribution in [0.4, 0.5) is 0 Å². The average molecular weight is 232 g/mol. The zero-order valence-electron chi connectivity index (χ0n) is 11.0. The molecule has 0 bridgehead atoms. The van der Waals surface area contributed by atoms with Crippen molar-refractivity contribution in [1.29, 1.82) is 0 Å². The van der Waals surface area contributed by atoms with Crippen molar-refractivity contribution in [3.05, 3.63) is 0 Å². The van der Waals surface area contributed by atoms with E-state index in [2.05, 4.69) is 43.9 Å². The second-order valence-electron chi connectivity index (χ2n) is 5.71. The van der Waals surface area contributed by atoms with Gasteiger partial charge < -0.3 is 11.5 Å². The molecule has 0 aromatic rings. The molecule has 15 heavy (non-hydrogen) atoms. The molecule has 0 aliphatic carbocycles. The highest BCUT2D eigenvalue weighted by molar-refractivity contribution is 7.16. The summed E-state index contributed by atoms with van der Waals surface area (Å²) in [6, 6.07) is 0. The van der Waals surface area contributed by atoms with Gasteiger partial charge in [0, 0.05) is 0 Å². The lowest BCUT2D eigenvalue weighted by molar-refractivity contribution is 0.0295. The van der Waals surface area contributed by atoms with Gasteiger partial charge in [0.2, 0.25) is 0 Å². The number of rotatable bonds is 6. The molecule has 4 unspecified atom stereocenters. The molecule has 0 aliphatic rings. The predicted molar refractivity (Wildman–Crippen MR) is 72.9 cm³/mol. The fourth-order valence-electron chi connectivity index (χ4n) is 2.14. The second kappa shape index (κ2) is 5.61. The molecule has 0 aromatic carbocycles.